The van der Waals surface area contributed by atoms with Crippen molar-refractivity contribution < 1.29 is 9.90 Å². The molecule has 3 nitrogen and oxygen atoms in total. The van der Waals surface area contributed by atoms with E-state index >= 15 is 0 Å². The lowest BCUT2D eigenvalue weighted by atomic mass is 9.85. The first kappa shape index (κ1) is 8.53. The molecule has 1 aliphatic heterocycles. The SMILES string of the molecule is CC1(C)C[C@@H](C(=O)O)CCN1. The molecular weight excluding hydrogens is 142 g/mol. The Morgan fingerprint density at radius 3 is 2.64 bits per heavy atom. The maximum Gasteiger partial charge on any atom is 0.306 e. The van der Waals surface area contributed by atoms with Gasteiger partial charge in [0, 0.05) is 5.54 Å². The number of nitrogens with one attached hydrogen (secondary N) is 1. The molecule has 64 valence electrons. The number of aliphatic carboxylic acids is 1. The molecule has 0 aromatic rings. The van der Waals surface area contributed by atoms with Gasteiger partial charge in [-0.15, -0.1) is 0 Å². The van der Waals surface area contributed by atoms with Crippen LogP contribution < -0.4 is 5.32 Å². The Morgan fingerprint density at radius 2 is 2.27 bits per heavy atom. The van der Waals surface area contributed by atoms with Crippen LogP contribution in [0.15, 0.2) is 0 Å². The first-order chi connectivity index (χ1) is 5.01. The molecule has 1 heterocycles. The summed E-state index contributed by atoms with van der Waals surface area (Å²) >= 11 is 0. The van der Waals surface area contributed by atoms with Crippen LogP contribution in [0.4, 0.5) is 0 Å². The fraction of sp³-hybridized carbons (Fsp3) is 0.875. The number of hydrogen-bond donors (Lipinski definition) is 2. The smallest absolute Gasteiger partial charge is 0.306 e. The molecule has 0 radical (unpaired) electrons. The van der Waals surface area contributed by atoms with Gasteiger partial charge in [0.05, 0.1) is 5.92 Å². The van der Waals surface area contributed by atoms with Crippen molar-refractivity contribution in [3.63, 3.8) is 0 Å². The minimum absolute atomic E-state index is 0.00130. The quantitative estimate of drug-likeness (QED) is 0.593. The summed E-state index contributed by atoms with van der Waals surface area (Å²) in [5.41, 5.74) is 0.00130. The molecule has 3 heteroatoms. The van der Waals surface area contributed by atoms with Gasteiger partial charge in [-0.2, -0.15) is 0 Å². The van der Waals surface area contributed by atoms with Gasteiger partial charge < -0.3 is 10.4 Å². The molecule has 0 amide bonds. The third kappa shape index (κ3) is 2.19. The highest BCUT2D eigenvalue weighted by Gasteiger charge is 2.31. The number of carboxylic acid groups (broad SMARTS) is 1. The average molecular weight is 157 g/mol. The van der Waals surface area contributed by atoms with Crippen LogP contribution in [0.1, 0.15) is 26.7 Å². The molecule has 0 spiro atoms. The molecule has 0 aromatic carbocycles. The largest absolute Gasteiger partial charge is 0.481 e. The van der Waals surface area contributed by atoms with E-state index in [-0.39, 0.29) is 11.5 Å². The predicted octanol–water partition coefficient (Wildman–Crippen LogP) is 0.849. The highest BCUT2D eigenvalue weighted by molar-refractivity contribution is 5.70. The Morgan fingerprint density at radius 1 is 1.64 bits per heavy atom. The Balaban J connectivity index is 2.53. The molecule has 2 N–H and O–H groups in total. The highest BCUT2D eigenvalue weighted by atomic mass is 16.4. The minimum atomic E-state index is -0.653. The van der Waals surface area contributed by atoms with Gasteiger partial charge in [0.1, 0.15) is 0 Å². The zero-order chi connectivity index (χ0) is 8.48. The summed E-state index contributed by atoms with van der Waals surface area (Å²) in [5, 5.41) is 12.0. The Hall–Kier alpha value is -0.570. The zero-order valence-corrected chi connectivity index (χ0v) is 7.05. The van der Waals surface area contributed by atoms with Gasteiger partial charge in [-0.1, -0.05) is 0 Å². The molecule has 1 aliphatic rings. The molecule has 0 saturated carbocycles. The Kier molecular flexibility index (Phi) is 2.18. The van der Waals surface area contributed by atoms with Gasteiger partial charge in [-0.3, -0.25) is 4.79 Å². The van der Waals surface area contributed by atoms with Crippen molar-refractivity contribution >= 4 is 5.97 Å². The zero-order valence-electron chi connectivity index (χ0n) is 7.05. The molecule has 1 atom stereocenters. The molecule has 0 aromatic heterocycles. The summed E-state index contributed by atoms with van der Waals surface area (Å²) in [4.78, 5) is 10.6. The Labute approximate surface area is 66.8 Å². The second-order valence-electron chi connectivity index (χ2n) is 3.84. The summed E-state index contributed by atoms with van der Waals surface area (Å²) in [5.74, 6) is -0.800. The van der Waals surface area contributed by atoms with Crippen molar-refractivity contribution in [2.24, 2.45) is 5.92 Å². The molecule has 11 heavy (non-hydrogen) atoms. The predicted molar refractivity (Wildman–Crippen MR) is 42.4 cm³/mol. The van der Waals surface area contributed by atoms with Gasteiger partial charge in [-0.05, 0) is 33.2 Å². The van der Waals surface area contributed by atoms with Crippen molar-refractivity contribution in [1.29, 1.82) is 0 Å². The number of piperidine rings is 1. The highest BCUT2D eigenvalue weighted by Crippen LogP contribution is 2.23. The first-order valence-electron chi connectivity index (χ1n) is 3.99. The second-order valence-corrected chi connectivity index (χ2v) is 3.84. The van der Waals surface area contributed by atoms with Crippen LogP contribution in [0.5, 0.6) is 0 Å². The monoisotopic (exact) mass is 157 g/mol. The normalized spacial score (nSPS) is 29.8. The van der Waals surface area contributed by atoms with Crippen molar-refractivity contribution in [2.45, 2.75) is 32.2 Å². The molecule has 1 fully saturated rings. The third-order valence-corrected chi connectivity index (χ3v) is 2.20. The topological polar surface area (TPSA) is 49.3 Å². The van der Waals surface area contributed by atoms with Gasteiger partial charge in [0.15, 0.2) is 0 Å². The van der Waals surface area contributed by atoms with Crippen LogP contribution in [0.3, 0.4) is 0 Å². The van der Waals surface area contributed by atoms with Crippen molar-refractivity contribution in [3.05, 3.63) is 0 Å². The molecule has 1 saturated heterocycles. The summed E-state index contributed by atoms with van der Waals surface area (Å²) in [7, 11) is 0. The number of carbonyl (C=O) groups is 1. The van der Waals surface area contributed by atoms with Crippen molar-refractivity contribution in [2.75, 3.05) is 6.54 Å². The minimum Gasteiger partial charge on any atom is -0.481 e. The van der Waals surface area contributed by atoms with Gasteiger partial charge in [0.25, 0.3) is 0 Å². The van der Waals surface area contributed by atoms with E-state index in [4.69, 9.17) is 5.11 Å². The van der Waals surface area contributed by atoms with Crippen molar-refractivity contribution in [3.8, 4) is 0 Å². The van der Waals surface area contributed by atoms with Gasteiger partial charge >= 0.3 is 5.97 Å². The summed E-state index contributed by atoms with van der Waals surface area (Å²) in [6.07, 6.45) is 1.50. The van der Waals surface area contributed by atoms with E-state index < -0.39 is 5.97 Å². The summed E-state index contributed by atoms with van der Waals surface area (Å²) in [6, 6.07) is 0. The van der Waals surface area contributed by atoms with Crippen LogP contribution in [-0.2, 0) is 4.79 Å². The van der Waals surface area contributed by atoms with E-state index in [1.807, 2.05) is 13.8 Å². The van der Waals surface area contributed by atoms with Crippen LogP contribution in [0, 0.1) is 5.92 Å². The van der Waals surface area contributed by atoms with Crippen LogP contribution >= 0.6 is 0 Å². The summed E-state index contributed by atoms with van der Waals surface area (Å²) in [6.45, 7) is 4.91. The first-order valence-corrected chi connectivity index (χ1v) is 3.99. The fourth-order valence-corrected chi connectivity index (χ4v) is 1.59. The van der Waals surface area contributed by atoms with Crippen LogP contribution in [0.2, 0.25) is 0 Å². The molecule has 0 aliphatic carbocycles. The maximum atomic E-state index is 10.6. The third-order valence-electron chi connectivity index (χ3n) is 2.20. The van der Waals surface area contributed by atoms with Crippen LogP contribution in [-0.4, -0.2) is 23.2 Å². The van der Waals surface area contributed by atoms with E-state index in [9.17, 15) is 4.79 Å². The van der Waals surface area contributed by atoms with Gasteiger partial charge in [0.2, 0.25) is 0 Å². The molecule has 0 unspecified atom stereocenters. The lowest BCUT2D eigenvalue weighted by molar-refractivity contribution is -0.143. The Bertz CT molecular complexity index is 165. The number of rotatable bonds is 1. The summed E-state index contributed by atoms with van der Waals surface area (Å²) < 4.78 is 0. The van der Waals surface area contributed by atoms with E-state index in [0.717, 1.165) is 19.4 Å². The van der Waals surface area contributed by atoms with E-state index in [2.05, 4.69) is 5.32 Å². The number of carboxylic acids is 1. The lowest BCUT2D eigenvalue weighted by Gasteiger charge is -2.34. The molecular formula is C8H15NO2. The van der Waals surface area contributed by atoms with E-state index in [1.165, 1.54) is 0 Å². The molecule has 0 bridgehead atoms. The average Bonchev–Trinajstić information content (AvgIpc) is 1.85. The molecule has 1 rings (SSSR count). The second kappa shape index (κ2) is 2.81. The van der Waals surface area contributed by atoms with Gasteiger partial charge in [-0.25, -0.2) is 0 Å². The maximum absolute atomic E-state index is 10.6. The standard InChI is InChI=1S/C8H15NO2/c1-8(2)5-6(7(10)11)3-4-9-8/h6,9H,3-5H2,1-2H3,(H,10,11)/t6-/m0/s1. The lowest BCUT2D eigenvalue weighted by Crippen LogP contribution is -2.47. The van der Waals surface area contributed by atoms with Crippen LogP contribution in [0.25, 0.3) is 0 Å². The van der Waals surface area contributed by atoms with E-state index in [0.29, 0.717) is 0 Å². The van der Waals surface area contributed by atoms with E-state index in [1.54, 1.807) is 0 Å². The number of hydrogen-bond acceptors (Lipinski definition) is 2. The fourth-order valence-electron chi connectivity index (χ4n) is 1.59. The van der Waals surface area contributed by atoms with Crippen molar-refractivity contribution in [1.82, 2.24) is 5.32 Å².